The number of hydrogen-bond donors (Lipinski definition) is 1. The zero-order valence-corrected chi connectivity index (χ0v) is 10.1. The summed E-state index contributed by atoms with van der Waals surface area (Å²) in [5.41, 5.74) is 0. The maximum atomic E-state index is 13.2. The van der Waals surface area contributed by atoms with Gasteiger partial charge in [-0.2, -0.15) is 0 Å². The van der Waals surface area contributed by atoms with Gasteiger partial charge in [0.2, 0.25) is 5.13 Å². The molecule has 2 aromatic rings. The van der Waals surface area contributed by atoms with E-state index in [0.717, 1.165) is 11.7 Å². The molecule has 0 aliphatic rings. The van der Waals surface area contributed by atoms with Crippen molar-refractivity contribution in [2.24, 2.45) is 0 Å². The van der Waals surface area contributed by atoms with Crippen LogP contribution in [0.5, 0.6) is 5.75 Å². The van der Waals surface area contributed by atoms with Gasteiger partial charge in [0.15, 0.2) is 16.6 Å². The second-order valence-corrected chi connectivity index (χ2v) is 4.31. The van der Waals surface area contributed by atoms with Crippen LogP contribution in [-0.4, -0.2) is 16.7 Å². The number of anilines is 1. The topological polar surface area (TPSA) is 47.0 Å². The van der Waals surface area contributed by atoms with Crippen LogP contribution in [-0.2, 0) is 6.61 Å². The average molecular weight is 253 g/mol. The maximum Gasteiger partial charge on any atom is 0.205 e. The molecule has 6 heteroatoms. The Labute approximate surface area is 102 Å². The van der Waals surface area contributed by atoms with Crippen molar-refractivity contribution in [3.63, 3.8) is 0 Å². The fourth-order valence-corrected chi connectivity index (χ4v) is 1.96. The van der Waals surface area contributed by atoms with Gasteiger partial charge in [0.05, 0.1) is 0 Å². The molecule has 0 amide bonds. The van der Waals surface area contributed by atoms with Crippen molar-refractivity contribution in [1.82, 2.24) is 10.2 Å². The first-order valence-electron chi connectivity index (χ1n) is 5.23. The molecule has 4 nitrogen and oxygen atoms in total. The molecule has 1 heterocycles. The van der Waals surface area contributed by atoms with Gasteiger partial charge >= 0.3 is 0 Å². The van der Waals surface area contributed by atoms with Gasteiger partial charge in [-0.3, -0.25) is 0 Å². The summed E-state index contributed by atoms with van der Waals surface area (Å²) in [6, 6.07) is 6.29. The van der Waals surface area contributed by atoms with E-state index in [4.69, 9.17) is 4.74 Å². The van der Waals surface area contributed by atoms with Gasteiger partial charge in [-0.15, -0.1) is 10.2 Å². The monoisotopic (exact) mass is 253 g/mol. The van der Waals surface area contributed by atoms with E-state index in [1.165, 1.54) is 17.4 Å². The molecule has 0 saturated carbocycles. The van der Waals surface area contributed by atoms with E-state index >= 15 is 0 Å². The van der Waals surface area contributed by atoms with E-state index in [0.29, 0.717) is 5.01 Å². The molecular formula is C11H12FN3OS. The Bertz CT molecular complexity index is 489. The summed E-state index contributed by atoms with van der Waals surface area (Å²) in [6.07, 6.45) is 0. The summed E-state index contributed by atoms with van der Waals surface area (Å²) in [4.78, 5) is 0. The van der Waals surface area contributed by atoms with Crippen LogP contribution in [0.25, 0.3) is 0 Å². The minimum absolute atomic E-state index is 0.226. The van der Waals surface area contributed by atoms with Crippen molar-refractivity contribution in [1.29, 1.82) is 0 Å². The fraction of sp³-hybridized carbons (Fsp3) is 0.273. The number of hydrogen-bond acceptors (Lipinski definition) is 5. The van der Waals surface area contributed by atoms with Crippen molar-refractivity contribution >= 4 is 16.5 Å². The summed E-state index contributed by atoms with van der Waals surface area (Å²) >= 11 is 1.40. The number of aromatic nitrogens is 2. The Balaban J connectivity index is 1.95. The third kappa shape index (κ3) is 3.13. The Kier molecular flexibility index (Phi) is 3.87. The molecule has 2 rings (SSSR count). The molecule has 1 aromatic carbocycles. The lowest BCUT2D eigenvalue weighted by atomic mass is 10.3. The van der Waals surface area contributed by atoms with Crippen molar-refractivity contribution in [2.45, 2.75) is 13.5 Å². The average Bonchev–Trinajstić information content (AvgIpc) is 2.76. The standard InChI is InChI=1S/C11H12FN3OS/c1-2-13-11-15-14-10(17-11)7-16-9-6-4-3-5-8(9)12/h3-6H,2,7H2,1H3,(H,13,15). The summed E-state index contributed by atoms with van der Waals surface area (Å²) < 4.78 is 18.6. The first-order valence-corrected chi connectivity index (χ1v) is 6.05. The number of rotatable bonds is 5. The lowest BCUT2D eigenvalue weighted by Gasteiger charge is -2.03. The van der Waals surface area contributed by atoms with Gasteiger partial charge in [0.25, 0.3) is 0 Å². The molecule has 0 atom stereocenters. The molecule has 17 heavy (non-hydrogen) atoms. The second kappa shape index (κ2) is 5.58. The van der Waals surface area contributed by atoms with E-state index in [1.54, 1.807) is 18.2 Å². The van der Waals surface area contributed by atoms with Gasteiger partial charge in [-0.05, 0) is 19.1 Å². The van der Waals surface area contributed by atoms with Gasteiger partial charge < -0.3 is 10.1 Å². The summed E-state index contributed by atoms with van der Waals surface area (Å²) in [6.45, 7) is 3.00. The van der Waals surface area contributed by atoms with Crippen LogP contribution < -0.4 is 10.1 Å². The van der Waals surface area contributed by atoms with Gasteiger partial charge in [-0.1, -0.05) is 23.5 Å². The minimum atomic E-state index is -0.371. The van der Waals surface area contributed by atoms with Gasteiger partial charge in [0, 0.05) is 6.54 Å². The lowest BCUT2D eigenvalue weighted by Crippen LogP contribution is -1.96. The molecule has 0 aliphatic heterocycles. The smallest absolute Gasteiger partial charge is 0.205 e. The number of benzene rings is 1. The van der Waals surface area contributed by atoms with Gasteiger partial charge in [0.1, 0.15) is 6.61 Å². The maximum absolute atomic E-state index is 13.2. The third-order valence-corrected chi connectivity index (χ3v) is 2.84. The molecular weight excluding hydrogens is 241 g/mol. The van der Waals surface area contributed by atoms with E-state index in [1.807, 2.05) is 6.92 Å². The molecule has 0 unspecified atom stereocenters. The second-order valence-electron chi connectivity index (χ2n) is 3.25. The largest absolute Gasteiger partial charge is 0.483 e. The van der Waals surface area contributed by atoms with E-state index in [2.05, 4.69) is 15.5 Å². The molecule has 1 N–H and O–H groups in total. The summed E-state index contributed by atoms with van der Waals surface area (Å²) in [5, 5.41) is 12.4. The SMILES string of the molecule is CCNc1nnc(COc2ccccc2F)s1. The lowest BCUT2D eigenvalue weighted by molar-refractivity contribution is 0.289. The summed E-state index contributed by atoms with van der Waals surface area (Å²) in [7, 11) is 0. The van der Waals surface area contributed by atoms with Crippen molar-refractivity contribution < 1.29 is 9.13 Å². The molecule has 1 aromatic heterocycles. The van der Waals surface area contributed by atoms with E-state index in [-0.39, 0.29) is 18.2 Å². The quantitative estimate of drug-likeness (QED) is 0.890. The normalized spacial score (nSPS) is 10.2. The van der Waals surface area contributed by atoms with Crippen LogP contribution in [0, 0.1) is 5.82 Å². The minimum Gasteiger partial charge on any atom is -0.483 e. The summed E-state index contributed by atoms with van der Waals surface area (Å²) in [5.74, 6) is -0.142. The highest BCUT2D eigenvalue weighted by atomic mass is 32.1. The molecule has 0 radical (unpaired) electrons. The zero-order chi connectivity index (χ0) is 12.1. The Morgan fingerprint density at radius 2 is 2.18 bits per heavy atom. The molecule has 90 valence electrons. The zero-order valence-electron chi connectivity index (χ0n) is 9.31. The van der Waals surface area contributed by atoms with Crippen LogP contribution >= 0.6 is 11.3 Å². The predicted molar refractivity (Wildman–Crippen MR) is 64.8 cm³/mol. The number of nitrogens with zero attached hydrogens (tertiary/aromatic N) is 2. The predicted octanol–water partition coefficient (Wildman–Crippen LogP) is 2.69. The van der Waals surface area contributed by atoms with Crippen LogP contribution in [0.2, 0.25) is 0 Å². The van der Waals surface area contributed by atoms with Crippen LogP contribution in [0.15, 0.2) is 24.3 Å². The van der Waals surface area contributed by atoms with Crippen molar-refractivity contribution in [3.05, 3.63) is 35.1 Å². The third-order valence-electron chi connectivity index (χ3n) is 1.98. The van der Waals surface area contributed by atoms with E-state index < -0.39 is 0 Å². The van der Waals surface area contributed by atoms with Crippen molar-refractivity contribution in [2.75, 3.05) is 11.9 Å². The number of halogens is 1. The first-order chi connectivity index (χ1) is 8.29. The molecule has 0 spiro atoms. The highest BCUT2D eigenvalue weighted by molar-refractivity contribution is 7.15. The molecule has 0 saturated heterocycles. The van der Waals surface area contributed by atoms with E-state index in [9.17, 15) is 4.39 Å². The van der Waals surface area contributed by atoms with Crippen LogP contribution in [0.3, 0.4) is 0 Å². The highest BCUT2D eigenvalue weighted by Crippen LogP contribution is 2.20. The fourth-order valence-electron chi connectivity index (χ4n) is 1.24. The molecule has 0 fully saturated rings. The Hall–Kier alpha value is -1.69. The molecule has 0 aliphatic carbocycles. The van der Waals surface area contributed by atoms with Crippen LogP contribution in [0.4, 0.5) is 9.52 Å². The highest BCUT2D eigenvalue weighted by Gasteiger charge is 2.06. The Morgan fingerprint density at radius 1 is 1.35 bits per heavy atom. The Morgan fingerprint density at radius 3 is 2.94 bits per heavy atom. The van der Waals surface area contributed by atoms with Crippen LogP contribution in [0.1, 0.15) is 11.9 Å². The van der Waals surface area contributed by atoms with Crippen molar-refractivity contribution in [3.8, 4) is 5.75 Å². The number of ether oxygens (including phenoxy) is 1. The number of para-hydroxylation sites is 1. The first kappa shape index (κ1) is 11.8. The van der Waals surface area contributed by atoms with Gasteiger partial charge in [-0.25, -0.2) is 4.39 Å². The number of nitrogens with one attached hydrogen (secondary N) is 1. The molecule has 0 bridgehead atoms.